The third kappa shape index (κ3) is 2.64. The zero-order valence-corrected chi connectivity index (χ0v) is 10.8. The van der Waals surface area contributed by atoms with Gasteiger partial charge in [-0.2, -0.15) is 0 Å². The smallest absolute Gasteiger partial charge is 0.277 e. The minimum absolute atomic E-state index is 0.0297. The summed E-state index contributed by atoms with van der Waals surface area (Å²) < 4.78 is 22.1. The van der Waals surface area contributed by atoms with E-state index in [2.05, 4.69) is 5.32 Å². The maximum absolute atomic E-state index is 11.6. The van der Waals surface area contributed by atoms with E-state index in [0.29, 0.717) is 5.69 Å². The number of nitrogens with one attached hydrogen (secondary N) is 1. The van der Waals surface area contributed by atoms with Gasteiger partial charge >= 0.3 is 0 Å². The summed E-state index contributed by atoms with van der Waals surface area (Å²) in [6.45, 7) is 0. The molecule has 0 saturated heterocycles. The van der Waals surface area contributed by atoms with Crippen molar-refractivity contribution >= 4 is 27.5 Å². The number of nitrogens with zero attached hydrogens (tertiary/aromatic N) is 1. The molecule has 8 heteroatoms. The van der Waals surface area contributed by atoms with E-state index in [-0.39, 0.29) is 10.6 Å². The largest absolute Gasteiger partial charge is 0.351 e. The Bertz CT molecular complexity index is 676. The van der Waals surface area contributed by atoms with Crippen LogP contribution in [0.2, 0.25) is 0 Å². The normalized spacial score (nSPS) is 15.7. The number of anilines is 1. The van der Waals surface area contributed by atoms with E-state index >= 15 is 0 Å². The summed E-state index contributed by atoms with van der Waals surface area (Å²) in [6.07, 6.45) is 1.18. The van der Waals surface area contributed by atoms with Crippen molar-refractivity contribution in [1.29, 1.82) is 0 Å². The van der Waals surface area contributed by atoms with E-state index < -0.39 is 21.8 Å². The molecule has 7 nitrogen and oxygen atoms in total. The average Bonchev–Trinajstić information content (AvgIpc) is 2.57. The lowest BCUT2D eigenvalue weighted by Gasteiger charge is -2.09. The molecule has 0 spiro atoms. The monoisotopic (exact) mass is 281 g/mol. The Hall–Kier alpha value is -2.19. The van der Waals surface area contributed by atoms with Gasteiger partial charge in [0.25, 0.3) is 11.8 Å². The molecule has 100 valence electrons. The van der Waals surface area contributed by atoms with E-state index in [1.807, 2.05) is 0 Å². The topological polar surface area (TPSA) is 110 Å². The first-order valence-corrected chi connectivity index (χ1v) is 6.77. The van der Waals surface area contributed by atoms with Crippen LogP contribution in [0.3, 0.4) is 0 Å². The summed E-state index contributed by atoms with van der Waals surface area (Å²) in [4.78, 5) is 23.8. The molecule has 0 atom stereocenters. The summed E-state index contributed by atoms with van der Waals surface area (Å²) in [6, 6.07) is 5.53. The van der Waals surface area contributed by atoms with Crippen molar-refractivity contribution in [2.45, 2.75) is 4.90 Å². The number of carbonyl (C=O) groups excluding carboxylic acids is 2. The SMILES string of the molecule is CN1C(=O)C=C(Nc2ccc(S(N)(=O)=O)cc2)C1=O. The van der Waals surface area contributed by atoms with E-state index in [1.165, 1.54) is 37.4 Å². The molecule has 1 aliphatic rings. The summed E-state index contributed by atoms with van der Waals surface area (Å²) in [7, 11) is -2.37. The van der Waals surface area contributed by atoms with Crippen LogP contribution in [0, 0.1) is 0 Å². The summed E-state index contributed by atoms with van der Waals surface area (Å²) >= 11 is 0. The number of carbonyl (C=O) groups is 2. The van der Waals surface area contributed by atoms with Crippen LogP contribution < -0.4 is 10.5 Å². The fourth-order valence-electron chi connectivity index (χ4n) is 1.54. The van der Waals surface area contributed by atoms with Crippen molar-refractivity contribution < 1.29 is 18.0 Å². The molecule has 0 saturated carbocycles. The highest BCUT2D eigenvalue weighted by Crippen LogP contribution is 2.17. The number of sulfonamides is 1. The van der Waals surface area contributed by atoms with Crippen LogP contribution in [0.15, 0.2) is 40.9 Å². The van der Waals surface area contributed by atoms with Gasteiger partial charge in [-0.15, -0.1) is 0 Å². The van der Waals surface area contributed by atoms with Gasteiger partial charge in [-0.3, -0.25) is 14.5 Å². The first-order chi connectivity index (χ1) is 8.79. The highest BCUT2D eigenvalue weighted by molar-refractivity contribution is 7.89. The Morgan fingerprint density at radius 3 is 2.16 bits per heavy atom. The van der Waals surface area contributed by atoms with E-state index in [1.54, 1.807) is 0 Å². The molecule has 0 aliphatic carbocycles. The predicted octanol–water partition coefficient (Wildman–Crippen LogP) is -0.372. The number of hydrogen-bond acceptors (Lipinski definition) is 5. The molecule has 2 rings (SSSR count). The highest BCUT2D eigenvalue weighted by Gasteiger charge is 2.27. The first-order valence-electron chi connectivity index (χ1n) is 5.22. The third-order valence-corrected chi connectivity index (χ3v) is 3.52. The lowest BCUT2D eigenvalue weighted by atomic mass is 10.3. The first kappa shape index (κ1) is 13.2. The number of primary sulfonamides is 1. The Morgan fingerprint density at radius 2 is 1.74 bits per heavy atom. The number of likely N-dealkylation sites (N-methyl/N-ethyl adjacent to an activating group) is 1. The highest BCUT2D eigenvalue weighted by atomic mass is 32.2. The van der Waals surface area contributed by atoms with Crippen molar-refractivity contribution in [3.8, 4) is 0 Å². The Balaban J connectivity index is 2.20. The van der Waals surface area contributed by atoms with Gasteiger partial charge < -0.3 is 5.32 Å². The molecule has 0 unspecified atom stereocenters. The van der Waals surface area contributed by atoms with Crippen molar-refractivity contribution in [2.24, 2.45) is 5.14 Å². The van der Waals surface area contributed by atoms with Gasteiger partial charge in [0.15, 0.2) is 0 Å². The molecular weight excluding hydrogens is 270 g/mol. The molecule has 0 fully saturated rings. The molecule has 1 aromatic rings. The number of amides is 2. The van der Waals surface area contributed by atoms with Crippen molar-refractivity contribution in [3.63, 3.8) is 0 Å². The lowest BCUT2D eigenvalue weighted by molar-refractivity contribution is -0.135. The molecule has 1 aromatic carbocycles. The van der Waals surface area contributed by atoms with Crippen LogP contribution in [-0.2, 0) is 19.6 Å². The number of imide groups is 1. The van der Waals surface area contributed by atoms with E-state index in [0.717, 1.165) is 4.90 Å². The van der Waals surface area contributed by atoms with Gasteiger partial charge in [0.1, 0.15) is 5.70 Å². The molecule has 0 radical (unpaired) electrons. The van der Waals surface area contributed by atoms with Crippen LogP contribution in [-0.4, -0.2) is 32.2 Å². The molecule has 1 aliphatic heterocycles. The zero-order valence-electron chi connectivity index (χ0n) is 9.95. The quantitative estimate of drug-likeness (QED) is 0.734. The fourth-order valence-corrected chi connectivity index (χ4v) is 2.05. The number of benzene rings is 1. The molecule has 3 N–H and O–H groups in total. The second-order valence-corrected chi connectivity index (χ2v) is 5.52. The minimum atomic E-state index is -3.75. The molecule has 2 amide bonds. The van der Waals surface area contributed by atoms with Crippen molar-refractivity contribution in [2.75, 3.05) is 12.4 Å². The van der Waals surface area contributed by atoms with Gasteiger partial charge in [0.2, 0.25) is 10.0 Å². The molecule has 1 heterocycles. The summed E-state index contributed by atoms with van der Waals surface area (Å²) in [5.74, 6) is -0.853. The van der Waals surface area contributed by atoms with Crippen LogP contribution in [0.1, 0.15) is 0 Å². The van der Waals surface area contributed by atoms with Crippen molar-refractivity contribution in [3.05, 3.63) is 36.0 Å². The zero-order chi connectivity index (χ0) is 14.2. The minimum Gasteiger partial charge on any atom is -0.351 e. The standard InChI is InChI=1S/C11H11N3O4S/c1-14-10(15)6-9(11(14)16)13-7-2-4-8(5-3-7)19(12,17)18/h2-6,13H,1H3,(H2,12,17,18). The van der Waals surface area contributed by atoms with Crippen LogP contribution in [0.25, 0.3) is 0 Å². The van der Waals surface area contributed by atoms with Gasteiger partial charge in [0, 0.05) is 18.8 Å². The van der Waals surface area contributed by atoms with Gasteiger partial charge in [-0.25, -0.2) is 13.6 Å². The summed E-state index contributed by atoms with van der Waals surface area (Å²) in [5.41, 5.74) is 0.617. The van der Waals surface area contributed by atoms with E-state index in [9.17, 15) is 18.0 Å². The average molecular weight is 281 g/mol. The number of hydrogen-bond donors (Lipinski definition) is 2. The molecular formula is C11H11N3O4S. The van der Waals surface area contributed by atoms with Crippen LogP contribution in [0.5, 0.6) is 0 Å². The van der Waals surface area contributed by atoms with E-state index in [4.69, 9.17) is 5.14 Å². The van der Waals surface area contributed by atoms with Crippen LogP contribution in [0.4, 0.5) is 5.69 Å². The molecule has 19 heavy (non-hydrogen) atoms. The van der Waals surface area contributed by atoms with Crippen molar-refractivity contribution in [1.82, 2.24) is 4.90 Å². The second kappa shape index (κ2) is 4.48. The number of nitrogens with two attached hydrogens (primary N) is 1. The maximum atomic E-state index is 11.6. The Kier molecular flexibility index (Phi) is 3.13. The molecule has 0 aromatic heterocycles. The Morgan fingerprint density at radius 1 is 1.16 bits per heavy atom. The van der Waals surface area contributed by atoms with Gasteiger partial charge in [-0.05, 0) is 24.3 Å². The second-order valence-electron chi connectivity index (χ2n) is 3.95. The van der Waals surface area contributed by atoms with Crippen LogP contribution >= 0.6 is 0 Å². The fraction of sp³-hybridized carbons (Fsp3) is 0.0909. The number of rotatable bonds is 3. The van der Waals surface area contributed by atoms with Gasteiger partial charge in [-0.1, -0.05) is 0 Å². The third-order valence-electron chi connectivity index (χ3n) is 2.60. The summed E-state index contributed by atoms with van der Waals surface area (Å²) in [5, 5.41) is 7.71. The molecule has 0 bridgehead atoms. The van der Waals surface area contributed by atoms with Gasteiger partial charge in [0.05, 0.1) is 4.90 Å². The maximum Gasteiger partial charge on any atom is 0.277 e. The predicted molar refractivity (Wildman–Crippen MR) is 67.3 cm³/mol. The Labute approximate surface area is 109 Å². The lowest BCUT2D eigenvalue weighted by Crippen LogP contribution is -2.27.